The fraction of sp³-hybridized carbons (Fsp3) is 0.0800. The van der Waals surface area contributed by atoms with Crippen molar-refractivity contribution in [1.82, 2.24) is 19.4 Å². The van der Waals surface area contributed by atoms with Gasteiger partial charge >= 0.3 is 0 Å². The molecule has 2 aromatic heterocycles. The summed E-state index contributed by atoms with van der Waals surface area (Å²) in [5.74, 6) is -0.167. The Kier molecular flexibility index (Phi) is 5.21. The lowest BCUT2D eigenvalue weighted by molar-refractivity contribution is -0.121. The predicted molar refractivity (Wildman–Crippen MR) is 126 cm³/mol. The second kappa shape index (κ2) is 8.32. The maximum atomic E-state index is 12.6. The first-order valence-electron chi connectivity index (χ1n) is 10.2. The Labute approximate surface area is 188 Å². The number of imidazole rings is 1. The van der Waals surface area contributed by atoms with Gasteiger partial charge in [0.25, 0.3) is 0 Å². The molecule has 0 aliphatic carbocycles. The molecule has 1 N–H and O–H groups in total. The summed E-state index contributed by atoms with van der Waals surface area (Å²) in [5.41, 5.74) is 4.30. The predicted octanol–water partition coefficient (Wildman–Crippen LogP) is 4.31. The molecule has 0 fully saturated rings. The van der Waals surface area contributed by atoms with Crippen molar-refractivity contribution in [3.05, 3.63) is 106 Å². The van der Waals surface area contributed by atoms with Crippen LogP contribution in [0.1, 0.15) is 5.56 Å². The van der Waals surface area contributed by atoms with E-state index in [0.717, 1.165) is 27.8 Å². The second-order valence-electron chi connectivity index (χ2n) is 7.48. The SMILES string of the molecule is O=C(Cn1ccc(=O)c2ccccc21)NCc1ccc(-n2cnc3ccccc32)cc1Cl. The number of nitrogens with one attached hydrogen (secondary N) is 1. The zero-order chi connectivity index (χ0) is 22.1. The molecular weight excluding hydrogens is 424 g/mol. The molecule has 1 amide bonds. The first kappa shape index (κ1) is 20.0. The van der Waals surface area contributed by atoms with Crippen LogP contribution in [-0.2, 0) is 17.9 Å². The maximum absolute atomic E-state index is 12.6. The van der Waals surface area contributed by atoms with Crippen molar-refractivity contribution in [3.63, 3.8) is 0 Å². The monoisotopic (exact) mass is 442 g/mol. The van der Waals surface area contributed by atoms with Gasteiger partial charge in [0.15, 0.2) is 5.43 Å². The molecule has 32 heavy (non-hydrogen) atoms. The van der Waals surface area contributed by atoms with E-state index in [9.17, 15) is 9.59 Å². The number of carbonyl (C=O) groups is 1. The molecule has 0 atom stereocenters. The molecule has 5 aromatic rings. The van der Waals surface area contributed by atoms with Gasteiger partial charge < -0.3 is 9.88 Å². The van der Waals surface area contributed by atoms with Crippen LogP contribution in [0.15, 0.2) is 90.1 Å². The van der Waals surface area contributed by atoms with Crippen molar-refractivity contribution < 1.29 is 4.79 Å². The number of rotatable bonds is 5. The Hall–Kier alpha value is -3.90. The molecule has 3 aromatic carbocycles. The molecule has 158 valence electrons. The zero-order valence-electron chi connectivity index (χ0n) is 17.0. The minimum absolute atomic E-state index is 0.0604. The summed E-state index contributed by atoms with van der Waals surface area (Å²) in [4.78, 5) is 29.0. The number of benzene rings is 3. The van der Waals surface area contributed by atoms with Crippen molar-refractivity contribution in [2.75, 3.05) is 0 Å². The Morgan fingerprint density at radius 2 is 1.75 bits per heavy atom. The number of amides is 1. The minimum atomic E-state index is -0.167. The number of pyridine rings is 1. The van der Waals surface area contributed by atoms with Gasteiger partial charge in [-0.25, -0.2) is 4.98 Å². The van der Waals surface area contributed by atoms with Crippen LogP contribution in [-0.4, -0.2) is 20.0 Å². The first-order valence-corrected chi connectivity index (χ1v) is 10.5. The van der Waals surface area contributed by atoms with Crippen molar-refractivity contribution in [2.45, 2.75) is 13.1 Å². The fourth-order valence-electron chi connectivity index (χ4n) is 3.80. The van der Waals surface area contributed by atoms with Gasteiger partial charge in [-0.15, -0.1) is 0 Å². The third-order valence-corrected chi connectivity index (χ3v) is 5.79. The molecule has 6 nitrogen and oxygen atoms in total. The Morgan fingerprint density at radius 3 is 2.59 bits per heavy atom. The van der Waals surface area contributed by atoms with E-state index in [1.54, 1.807) is 23.2 Å². The molecule has 0 radical (unpaired) electrons. The van der Waals surface area contributed by atoms with E-state index in [1.165, 1.54) is 6.07 Å². The number of hydrogen-bond donors (Lipinski definition) is 1. The summed E-state index contributed by atoms with van der Waals surface area (Å²) in [6, 6.07) is 22.3. The quantitative estimate of drug-likeness (QED) is 0.441. The molecular formula is C25H19ClN4O2. The molecule has 5 rings (SSSR count). The number of nitrogens with zero attached hydrogens (tertiary/aromatic N) is 3. The Balaban J connectivity index is 1.31. The van der Waals surface area contributed by atoms with Gasteiger partial charge in [-0.05, 0) is 42.0 Å². The zero-order valence-corrected chi connectivity index (χ0v) is 17.8. The van der Waals surface area contributed by atoms with Crippen molar-refractivity contribution >= 4 is 39.4 Å². The number of hydrogen-bond acceptors (Lipinski definition) is 3. The summed E-state index contributed by atoms with van der Waals surface area (Å²) in [5, 5.41) is 4.07. The molecule has 0 spiro atoms. The number of para-hydroxylation sites is 3. The Bertz CT molecular complexity index is 1520. The van der Waals surface area contributed by atoms with Crippen molar-refractivity contribution in [1.29, 1.82) is 0 Å². The van der Waals surface area contributed by atoms with Crippen LogP contribution in [0.2, 0.25) is 5.02 Å². The molecule has 0 aliphatic heterocycles. The summed E-state index contributed by atoms with van der Waals surface area (Å²) in [6.07, 6.45) is 3.41. The molecule has 7 heteroatoms. The number of fused-ring (bicyclic) bond motifs is 2. The second-order valence-corrected chi connectivity index (χ2v) is 7.89. The normalized spacial score (nSPS) is 11.2. The van der Waals surface area contributed by atoms with Crippen LogP contribution in [0.5, 0.6) is 0 Å². The first-order chi connectivity index (χ1) is 15.6. The Morgan fingerprint density at radius 1 is 0.969 bits per heavy atom. The fourth-order valence-corrected chi connectivity index (χ4v) is 4.04. The summed E-state index contributed by atoms with van der Waals surface area (Å²) >= 11 is 6.51. The largest absolute Gasteiger partial charge is 0.350 e. The van der Waals surface area contributed by atoms with Crippen LogP contribution in [0.25, 0.3) is 27.6 Å². The van der Waals surface area contributed by atoms with Gasteiger partial charge in [-0.2, -0.15) is 0 Å². The van der Waals surface area contributed by atoms with Gasteiger partial charge in [-0.3, -0.25) is 14.2 Å². The van der Waals surface area contributed by atoms with Crippen LogP contribution in [0, 0.1) is 0 Å². The molecule has 0 unspecified atom stereocenters. The summed E-state index contributed by atoms with van der Waals surface area (Å²) in [6.45, 7) is 0.415. The van der Waals surface area contributed by atoms with Crippen LogP contribution in [0.3, 0.4) is 0 Å². The van der Waals surface area contributed by atoms with E-state index in [0.29, 0.717) is 17.0 Å². The highest BCUT2D eigenvalue weighted by Gasteiger charge is 2.10. The van der Waals surface area contributed by atoms with E-state index in [4.69, 9.17) is 11.6 Å². The van der Waals surface area contributed by atoms with Crippen molar-refractivity contribution in [3.8, 4) is 5.69 Å². The van der Waals surface area contributed by atoms with E-state index in [-0.39, 0.29) is 17.9 Å². The average Bonchev–Trinajstić information content (AvgIpc) is 3.24. The highest BCUT2D eigenvalue weighted by Crippen LogP contribution is 2.23. The number of aromatic nitrogens is 3. The third kappa shape index (κ3) is 3.76. The van der Waals surface area contributed by atoms with Gasteiger partial charge in [-0.1, -0.05) is 41.9 Å². The minimum Gasteiger partial charge on any atom is -0.350 e. The highest BCUT2D eigenvalue weighted by molar-refractivity contribution is 6.31. The van der Waals surface area contributed by atoms with Crippen LogP contribution < -0.4 is 10.7 Å². The lowest BCUT2D eigenvalue weighted by Gasteiger charge is -2.12. The summed E-state index contributed by atoms with van der Waals surface area (Å²) < 4.78 is 3.74. The lowest BCUT2D eigenvalue weighted by Crippen LogP contribution is -2.27. The highest BCUT2D eigenvalue weighted by atomic mass is 35.5. The van der Waals surface area contributed by atoms with Gasteiger partial charge in [0, 0.05) is 34.9 Å². The number of carbonyl (C=O) groups excluding carboxylic acids is 1. The van der Waals surface area contributed by atoms with E-state index < -0.39 is 0 Å². The molecule has 0 aliphatic rings. The summed E-state index contributed by atoms with van der Waals surface area (Å²) in [7, 11) is 0. The molecule has 0 saturated heterocycles. The van der Waals surface area contributed by atoms with Gasteiger partial charge in [0.2, 0.25) is 5.91 Å². The van der Waals surface area contributed by atoms with Gasteiger partial charge in [0.1, 0.15) is 12.9 Å². The lowest BCUT2D eigenvalue weighted by atomic mass is 10.2. The maximum Gasteiger partial charge on any atom is 0.240 e. The van der Waals surface area contributed by atoms with E-state index >= 15 is 0 Å². The van der Waals surface area contributed by atoms with E-state index in [1.807, 2.05) is 65.2 Å². The molecule has 0 saturated carbocycles. The van der Waals surface area contributed by atoms with Crippen LogP contribution in [0.4, 0.5) is 0 Å². The standard InChI is InChI=1S/C25H19ClN4O2/c26-20-13-18(30-16-28-21-6-2-4-8-23(21)30)10-9-17(20)14-27-25(32)15-29-12-11-24(31)19-5-1-3-7-22(19)29/h1-13,16H,14-15H2,(H,27,32). The molecule has 2 heterocycles. The average molecular weight is 443 g/mol. The topological polar surface area (TPSA) is 68.9 Å². The van der Waals surface area contributed by atoms with E-state index in [2.05, 4.69) is 10.3 Å². The van der Waals surface area contributed by atoms with Crippen LogP contribution >= 0.6 is 11.6 Å². The van der Waals surface area contributed by atoms with Crippen molar-refractivity contribution in [2.24, 2.45) is 0 Å². The molecule has 0 bridgehead atoms. The van der Waals surface area contributed by atoms with Gasteiger partial charge in [0.05, 0.1) is 16.6 Å². The smallest absolute Gasteiger partial charge is 0.240 e. The third-order valence-electron chi connectivity index (χ3n) is 5.44. The number of halogens is 1.